The molecule has 4 nitrogen and oxygen atoms in total. The molecule has 1 aromatic rings. The summed E-state index contributed by atoms with van der Waals surface area (Å²) in [4.78, 5) is 15.8. The van der Waals surface area contributed by atoms with E-state index in [1.165, 1.54) is 12.1 Å². The van der Waals surface area contributed by atoms with E-state index in [2.05, 4.69) is 4.90 Å². The van der Waals surface area contributed by atoms with Gasteiger partial charge in [-0.25, -0.2) is 4.39 Å². The number of fused-ring (bicyclic) bond motifs is 1. The molecule has 148 valence electrons. The van der Waals surface area contributed by atoms with Gasteiger partial charge >= 0.3 is 6.18 Å². The maximum Gasteiger partial charge on any atom is 0.416 e. The van der Waals surface area contributed by atoms with Gasteiger partial charge in [-0.2, -0.15) is 13.2 Å². The molecule has 0 radical (unpaired) electrons. The third-order valence-corrected chi connectivity index (χ3v) is 6.42. The number of rotatable bonds is 3. The van der Waals surface area contributed by atoms with Crippen LogP contribution in [-0.2, 0) is 11.0 Å². The average Bonchev–Trinajstić information content (AvgIpc) is 3.27. The summed E-state index contributed by atoms with van der Waals surface area (Å²) >= 11 is 0. The quantitative estimate of drug-likeness (QED) is 0.814. The molecule has 0 aromatic heterocycles. The molecule has 1 aliphatic carbocycles. The first-order valence-corrected chi connectivity index (χ1v) is 9.35. The van der Waals surface area contributed by atoms with Crippen LogP contribution in [0, 0.1) is 11.8 Å². The van der Waals surface area contributed by atoms with E-state index in [1.807, 2.05) is 4.90 Å². The normalized spacial score (nSPS) is 34.2. The number of carbonyl (C=O) groups is 1. The molecule has 2 heterocycles. The number of carbonyl (C=O) groups excluding carboxylic acids is 1. The summed E-state index contributed by atoms with van der Waals surface area (Å²) in [7, 11) is 0. The number of anilines is 1. The Morgan fingerprint density at radius 1 is 1.07 bits per heavy atom. The smallest absolute Gasteiger partial charge is 0.371 e. The van der Waals surface area contributed by atoms with Gasteiger partial charge in [-0.1, -0.05) is 0 Å². The fourth-order valence-electron chi connectivity index (χ4n) is 5.17. The lowest BCUT2D eigenvalue weighted by Crippen LogP contribution is -2.48. The highest BCUT2D eigenvalue weighted by Gasteiger charge is 2.49. The minimum absolute atomic E-state index is 0.104. The molecule has 0 spiro atoms. The van der Waals surface area contributed by atoms with Crippen molar-refractivity contribution >= 4 is 11.6 Å². The third kappa shape index (κ3) is 3.39. The number of benzene rings is 1. The highest BCUT2D eigenvalue weighted by Crippen LogP contribution is 2.44. The first-order valence-electron chi connectivity index (χ1n) is 9.35. The maximum absolute atomic E-state index is 13.9. The van der Waals surface area contributed by atoms with Crippen molar-refractivity contribution in [2.45, 2.75) is 43.7 Å². The highest BCUT2D eigenvalue weighted by molar-refractivity contribution is 5.80. The van der Waals surface area contributed by atoms with E-state index in [0.29, 0.717) is 12.5 Å². The third-order valence-electron chi connectivity index (χ3n) is 6.42. The van der Waals surface area contributed by atoms with Crippen molar-refractivity contribution in [2.75, 3.05) is 24.5 Å². The monoisotopic (exact) mass is 385 g/mol. The molecular formula is C19H23F4N3O. The van der Waals surface area contributed by atoms with Crippen LogP contribution in [0.4, 0.5) is 23.2 Å². The number of likely N-dealkylation sites (tertiary alicyclic amines) is 1. The van der Waals surface area contributed by atoms with Crippen LogP contribution < -0.4 is 10.6 Å². The Morgan fingerprint density at radius 2 is 1.78 bits per heavy atom. The highest BCUT2D eigenvalue weighted by atomic mass is 19.4. The first kappa shape index (κ1) is 18.5. The number of nitrogens with zero attached hydrogens (tertiary/aromatic N) is 2. The predicted octanol–water partition coefficient (Wildman–Crippen LogP) is 2.82. The van der Waals surface area contributed by atoms with Crippen molar-refractivity contribution in [2.24, 2.45) is 17.6 Å². The molecule has 1 amide bonds. The first-order chi connectivity index (χ1) is 12.7. The molecule has 2 aliphatic heterocycles. The summed E-state index contributed by atoms with van der Waals surface area (Å²) in [6.45, 7) is 1.72. The van der Waals surface area contributed by atoms with Gasteiger partial charge in [0.1, 0.15) is 6.17 Å². The van der Waals surface area contributed by atoms with Crippen molar-refractivity contribution in [3.63, 3.8) is 0 Å². The molecule has 3 fully saturated rings. The van der Waals surface area contributed by atoms with E-state index >= 15 is 0 Å². The Balaban J connectivity index is 1.48. The Hall–Kier alpha value is -1.83. The van der Waals surface area contributed by atoms with Crippen molar-refractivity contribution < 1.29 is 22.4 Å². The summed E-state index contributed by atoms with van der Waals surface area (Å²) in [5.74, 6) is 0.208. The molecule has 2 N–H and O–H groups in total. The van der Waals surface area contributed by atoms with E-state index in [0.717, 1.165) is 37.2 Å². The molecule has 8 heteroatoms. The van der Waals surface area contributed by atoms with Crippen LogP contribution in [0.1, 0.15) is 24.8 Å². The van der Waals surface area contributed by atoms with E-state index in [4.69, 9.17) is 5.73 Å². The van der Waals surface area contributed by atoms with Gasteiger partial charge < -0.3 is 10.6 Å². The van der Waals surface area contributed by atoms with Crippen molar-refractivity contribution in [3.05, 3.63) is 29.8 Å². The summed E-state index contributed by atoms with van der Waals surface area (Å²) in [6, 6.07) is 4.80. The van der Waals surface area contributed by atoms with Crippen LogP contribution in [0.3, 0.4) is 0 Å². The second-order valence-corrected chi connectivity index (χ2v) is 7.97. The summed E-state index contributed by atoms with van der Waals surface area (Å²) < 4.78 is 52.2. The number of hydrogen-bond donors (Lipinski definition) is 1. The van der Waals surface area contributed by atoms with Crippen molar-refractivity contribution in [1.82, 2.24) is 4.90 Å². The zero-order valence-electron chi connectivity index (χ0n) is 14.8. The molecule has 1 aromatic carbocycles. The SMILES string of the molecule is NC(=O)[C@@H]1C[C@H](F)CN1[C@H]1CC[C@@H]2CN(c3ccc(C(F)(F)F)cc3)C[C@@H]21. The summed E-state index contributed by atoms with van der Waals surface area (Å²) in [6.07, 6.45) is -3.33. The number of alkyl halides is 4. The predicted molar refractivity (Wildman–Crippen MR) is 92.9 cm³/mol. The Kier molecular flexibility index (Phi) is 4.56. The summed E-state index contributed by atoms with van der Waals surface area (Å²) in [5.41, 5.74) is 5.59. The molecule has 3 aliphatic rings. The van der Waals surface area contributed by atoms with Gasteiger partial charge in [0.15, 0.2) is 0 Å². The van der Waals surface area contributed by atoms with Crippen LogP contribution in [0.15, 0.2) is 24.3 Å². The molecule has 4 rings (SSSR count). The Morgan fingerprint density at radius 3 is 2.41 bits per heavy atom. The van der Waals surface area contributed by atoms with E-state index < -0.39 is 29.9 Å². The van der Waals surface area contributed by atoms with Gasteiger partial charge in [0.05, 0.1) is 11.6 Å². The summed E-state index contributed by atoms with van der Waals surface area (Å²) in [5, 5.41) is 0. The second-order valence-electron chi connectivity index (χ2n) is 7.97. The van der Waals surface area contributed by atoms with Gasteiger partial charge in [0, 0.05) is 37.8 Å². The van der Waals surface area contributed by atoms with Crippen molar-refractivity contribution in [3.8, 4) is 0 Å². The number of nitrogens with two attached hydrogens (primary N) is 1. The molecule has 27 heavy (non-hydrogen) atoms. The lowest BCUT2D eigenvalue weighted by atomic mass is 9.96. The fraction of sp³-hybridized carbons (Fsp3) is 0.632. The minimum atomic E-state index is -4.34. The minimum Gasteiger partial charge on any atom is -0.371 e. The lowest BCUT2D eigenvalue weighted by Gasteiger charge is -2.33. The number of primary amides is 1. The Bertz CT molecular complexity index is 708. The molecule has 1 saturated carbocycles. The lowest BCUT2D eigenvalue weighted by molar-refractivity contribution is -0.137. The molecule has 2 saturated heterocycles. The van der Waals surface area contributed by atoms with Gasteiger partial charge in [-0.3, -0.25) is 9.69 Å². The maximum atomic E-state index is 13.9. The fourth-order valence-corrected chi connectivity index (χ4v) is 5.17. The van der Waals surface area contributed by atoms with E-state index in [1.54, 1.807) is 0 Å². The molecule has 5 atom stereocenters. The average molecular weight is 385 g/mol. The molecule has 0 bridgehead atoms. The molecule has 0 unspecified atom stereocenters. The second kappa shape index (κ2) is 6.65. The largest absolute Gasteiger partial charge is 0.416 e. The number of amides is 1. The van der Waals surface area contributed by atoms with Crippen LogP contribution >= 0.6 is 0 Å². The van der Waals surface area contributed by atoms with Gasteiger partial charge in [-0.05, 0) is 48.9 Å². The van der Waals surface area contributed by atoms with Crippen LogP contribution in [0.5, 0.6) is 0 Å². The van der Waals surface area contributed by atoms with E-state index in [9.17, 15) is 22.4 Å². The topological polar surface area (TPSA) is 49.6 Å². The van der Waals surface area contributed by atoms with Gasteiger partial charge in [0.25, 0.3) is 0 Å². The number of halogens is 4. The van der Waals surface area contributed by atoms with Crippen LogP contribution in [0.2, 0.25) is 0 Å². The van der Waals surface area contributed by atoms with Gasteiger partial charge in [-0.15, -0.1) is 0 Å². The van der Waals surface area contributed by atoms with E-state index in [-0.39, 0.29) is 24.9 Å². The molecular weight excluding hydrogens is 362 g/mol. The van der Waals surface area contributed by atoms with Gasteiger partial charge in [0.2, 0.25) is 5.91 Å². The Labute approximate surface area is 155 Å². The van der Waals surface area contributed by atoms with Crippen LogP contribution in [0.25, 0.3) is 0 Å². The van der Waals surface area contributed by atoms with Crippen LogP contribution in [-0.4, -0.2) is 48.7 Å². The zero-order valence-corrected chi connectivity index (χ0v) is 14.8. The zero-order chi connectivity index (χ0) is 19.3. The van der Waals surface area contributed by atoms with Crippen molar-refractivity contribution in [1.29, 1.82) is 0 Å². The standard InChI is InChI=1S/C19H23F4N3O/c20-13-7-17(18(24)27)26(9-13)16-6-1-11-8-25(10-15(11)16)14-4-2-12(3-5-14)19(21,22)23/h2-5,11,13,15-17H,1,6-10H2,(H2,24,27)/t11-,13+,15+,16+,17+/m1/s1. The number of hydrogen-bond acceptors (Lipinski definition) is 3.